The highest BCUT2D eigenvalue weighted by Crippen LogP contribution is 2.44. The molecular formula is C21H22N2O5S2. The van der Waals surface area contributed by atoms with E-state index in [0.29, 0.717) is 12.4 Å². The molecule has 3 heterocycles. The van der Waals surface area contributed by atoms with E-state index in [1.807, 2.05) is 35.7 Å². The zero-order valence-corrected chi connectivity index (χ0v) is 18.3. The molecule has 1 saturated heterocycles. The molecule has 0 aliphatic carbocycles. The Labute approximate surface area is 182 Å². The van der Waals surface area contributed by atoms with E-state index in [4.69, 9.17) is 19.9 Å². The molecule has 2 atom stereocenters. The van der Waals surface area contributed by atoms with Gasteiger partial charge in [0.15, 0.2) is 0 Å². The Kier molecular flexibility index (Phi) is 6.14. The zero-order chi connectivity index (χ0) is 21.3. The van der Waals surface area contributed by atoms with Crippen LogP contribution in [-0.2, 0) is 32.3 Å². The topological polar surface area (TPSA) is 91.1 Å². The van der Waals surface area contributed by atoms with Crippen molar-refractivity contribution in [3.63, 3.8) is 0 Å². The monoisotopic (exact) mass is 446 g/mol. The van der Waals surface area contributed by atoms with Gasteiger partial charge in [-0.1, -0.05) is 12.1 Å². The van der Waals surface area contributed by atoms with Crippen LogP contribution in [0.3, 0.4) is 0 Å². The zero-order valence-electron chi connectivity index (χ0n) is 16.6. The van der Waals surface area contributed by atoms with Crippen LogP contribution in [0.25, 0.3) is 5.57 Å². The fourth-order valence-corrected chi connectivity index (χ4v) is 5.69. The van der Waals surface area contributed by atoms with E-state index in [1.165, 1.54) is 4.90 Å². The number of rotatable bonds is 7. The lowest BCUT2D eigenvalue weighted by molar-refractivity contribution is -0.151. The van der Waals surface area contributed by atoms with Gasteiger partial charge in [0.05, 0.1) is 13.7 Å². The van der Waals surface area contributed by atoms with Gasteiger partial charge in [-0.15, -0.1) is 23.1 Å². The van der Waals surface area contributed by atoms with E-state index in [-0.39, 0.29) is 23.6 Å². The summed E-state index contributed by atoms with van der Waals surface area (Å²) in [5.74, 6) is 0.513. The Morgan fingerprint density at radius 3 is 2.67 bits per heavy atom. The van der Waals surface area contributed by atoms with Crippen molar-refractivity contribution in [1.82, 2.24) is 4.90 Å². The van der Waals surface area contributed by atoms with E-state index in [0.717, 1.165) is 27.3 Å². The molecule has 1 fully saturated rings. The number of nitrogens with zero attached hydrogens (tertiary/aromatic N) is 1. The van der Waals surface area contributed by atoms with Gasteiger partial charge in [-0.3, -0.25) is 9.69 Å². The Morgan fingerprint density at radius 2 is 1.97 bits per heavy atom. The van der Waals surface area contributed by atoms with Crippen molar-refractivity contribution in [2.75, 3.05) is 20.0 Å². The number of hydrogen-bond acceptors (Lipinski definition) is 8. The maximum atomic E-state index is 13.1. The minimum absolute atomic E-state index is 0.0973. The normalized spacial score (nSPS) is 20.6. The molecular weight excluding hydrogens is 424 g/mol. The van der Waals surface area contributed by atoms with Crippen LogP contribution in [0.2, 0.25) is 0 Å². The number of amides is 1. The minimum Gasteiger partial charge on any atom is -0.497 e. The van der Waals surface area contributed by atoms with Crippen LogP contribution in [0.15, 0.2) is 41.4 Å². The van der Waals surface area contributed by atoms with Crippen LogP contribution in [0.4, 0.5) is 0 Å². The lowest BCUT2D eigenvalue weighted by Crippen LogP contribution is -2.68. The fourth-order valence-electron chi connectivity index (χ4n) is 3.50. The van der Waals surface area contributed by atoms with Crippen LogP contribution >= 0.6 is 23.1 Å². The molecule has 2 aliphatic rings. The van der Waals surface area contributed by atoms with E-state index in [9.17, 15) is 9.59 Å². The van der Waals surface area contributed by atoms with E-state index in [2.05, 4.69) is 0 Å². The number of β-lactam (4-membered cyclic amide) rings is 1. The van der Waals surface area contributed by atoms with Gasteiger partial charge in [0.1, 0.15) is 29.5 Å². The number of thioether (sulfide) groups is 1. The number of carbonyl (C=O) groups excluding carboxylic acids is 2. The minimum atomic E-state index is -0.596. The molecule has 2 aliphatic heterocycles. The van der Waals surface area contributed by atoms with Gasteiger partial charge in [-0.25, -0.2) is 4.79 Å². The smallest absolute Gasteiger partial charge is 0.355 e. The summed E-state index contributed by atoms with van der Waals surface area (Å²) >= 11 is 3.12. The van der Waals surface area contributed by atoms with Gasteiger partial charge in [0.2, 0.25) is 5.91 Å². The highest BCUT2D eigenvalue weighted by molar-refractivity contribution is 8.00. The van der Waals surface area contributed by atoms with Gasteiger partial charge < -0.3 is 19.9 Å². The molecule has 4 rings (SSSR count). The molecule has 0 radical (unpaired) electrons. The molecule has 1 aromatic heterocycles. The summed E-state index contributed by atoms with van der Waals surface area (Å²) in [4.78, 5) is 28.1. The molecule has 2 N–H and O–H groups in total. The maximum absolute atomic E-state index is 13.1. The average Bonchev–Trinajstić information content (AvgIpc) is 3.24. The molecule has 0 unspecified atom stereocenters. The van der Waals surface area contributed by atoms with E-state index >= 15 is 0 Å². The van der Waals surface area contributed by atoms with Crippen LogP contribution < -0.4 is 10.5 Å². The maximum Gasteiger partial charge on any atom is 0.355 e. The van der Waals surface area contributed by atoms with Crippen LogP contribution in [0.5, 0.6) is 5.75 Å². The van der Waals surface area contributed by atoms with Crippen molar-refractivity contribution >= 4 is 40.5 Å². The molecule has 2 aromatic rings. The van der Waals surface area contributed by atoms with Crippen LogP contribution in [-0.4, -0.2) is 48.2 Å². The quantitative estimate of drug-likeness (QED) is 0.516. The van der Waals surface area contributed by atoms with Crippen LogP contribution in [0, 0.1) is 0 Å². The summed E-state index contributed by atoms with van der Waals surface area (Å²) in [7, 11) is 3.23. The van der Waals surface area contributed by atoms with Crippen LogP contribution in [0.1, 0.15) is 16.0 Å². The second-order valence-corrected chi connectivity index (χ2v) is 8.98. The predicted molar refractivity (Wildman–Crippen MR) is 116 cm³/mol. The van der Waals surface area contributed by atoms with Crippen molar-refractivity contribution in [3.8, 4) is 5.75 Å². The first-order chi connectivity index (χ1) is 14.5. The lowest BCUT2D eigenvalue weighted by Gasteiger charge is -2.48. The first-order valence-corrected chi connectivity index (χ1v) is 11.3. The predicted octanol–water partition coefficient (Wildman–Crippen LogP) is 2.60. The second kappa shape index (κ2) is 8.81. The standard InChI is InChI=1S/C21H22N2O5S2/c1-26-10-16-14(7-8-29-16)15-11-30-20-17(22)19(24)23(20)18(15)21(25)28-9-12-3-5-13(27-2)6-4-12/h3-8,17,20H,9-11,22H2,1-2H3/t17-,20+/m1/s1. The third-order valence-electron chi connectivity index (χ3n) is 5.08. The Bertz CT molecular complexity index is 986. The van der Waals surface area contributed by atoms with Crippen molar-refractivity contribution in [3.05, 3.63) is 57.4 Å². The molecule has 7 nitrogen and oxygen atoms in total. The first kappa shape index (κ1) is 20.9. The Balaban J connectivity index is 1.63. The van der Waals surface area contributed by atoms with E-state index < -0.39 is 12.0 Å². The summed E-state index contributed by atoms with van der Waals surface area (Å²) in [6.45, 7) is 0.534. The summed E-state index contributed by atoms with van der Waals surface area (Å²) in [5.41, 5.74) is 8.77. The van der Waals surface area contributed by atoms with Crippen molar-refractivity contribution in [1.29, 1.82) is 0 Å². The Hall–Kier alpha value is -2.33. The average molecular weight is 447 g/mol. The van der Waals surface area contributed by atoms with E-state index in [1.54, 1.807) is 37.3 Å². The van der Waals surface area contributed by atoms with Gasteiger partial charge in [-0.2, -0.15) is 0 Å². The molecule has 158 valence electrons. The summed E-state index contributed by atoms with van der Waals surface area (Å²) < 4.78 is 16.0. The second-order valence-electron chi connectivity index (χ2n) is 6.88. The van der Waals surface area contributed by atoms with Gasteiger partial charge >= 0.3 is 5.97 Å². The molecule has 9 heteroatoms. The summed E-state index contributed by atoms with van der Waals surface area (Å²) in [6.07, 6.45) is 0. The van der Waals surface area contributed by atoms with Crippen molar-refractivity contribution in [2.24, 2.45) is 5.73 Å². The lowest BCUT2D eigenvalue weighted by atomic mass is 10.00. The summed E-state index contributed by atoms with van der Waals surface area (Å²) in [5, 5.41) is 1.71. The number of thiophene rings is 1. The number of benzene rings is 1. The number of carbonyl (C=O) groups is 2. The number of fused-ring (bicyclic) bond motifs is 1. The van der Waals surface area contributed by atoms with Gasteiger partial charge in [-0.05, 0) is 34.7 Å². The highest BCUT2D eigenvalue weighted by Gasteiger charge is 2.52. The number of methoxy groups -OCH3 is 2. The molecule has 1 aromatic carbocycles. The highest BCUT2D eigenvalue weighted by atomic mass is 32.2. The SMILES string of the molecule is COCc1sccc1C1=C(C(=O)OCc2ccc(OC)cc2)N2C(=O)[C@@H](N)[C@@H]2SC1. The number of ether oxygens (including phenoxy) is 3. The van der Waals surface area contributed by atoms with Gasteiger partial charge in [0, 0.05) is 23.3 Å². The molecule has 0 bridgehead atoms. The van der Waals surface area contributed by atoms with Crippen molar-refractivity contribution in [2.45, 2.75) is 24.6 Å². The third kappa shape index (κ3) is 3.74. The molecule has 30 heavy (non-hydrogen) atoms. The number of nitrogens with two attached hydrogens (primary N) is 1. The molecule has 0 spiro atoms. The van der Waals surface area contributed by atoms with Crippen molar-refractivity contribution < 1.29 is 23.8 Å². The number of hydrogen-bond donors (Lipinski definition) is 1. The first-order valence-electron chi connectivity index (χ1n) is 9.34. The Morgan fingerprint density at radius 1 is 1.20 bits per heavy atom. The number of esters is 1. The summed E-state index contributed by atoms with van der Waals surface area (Å²) in [6, 6.07) is 8.64. The largest absolute Gasteiger partial charge is 0.497 e. The van der Waals surface area contributed by atoms with Gasteiger partial charge in [0.25, 0.3) is 0 Å². The fraction of sp³-hybridized carbons (Fsp3) is 0.333. The molecule has 1 amide bonds. The molecule has 0 saturated carbocycles. The third-order valence-corrected chi connectivity index (χ3v) is 7.27.